The maximum Gasteiger partial charge on any atom is 0.251 e. The number of carbonyl (C=O) groups is 2. The van der Waals surface area contributed by atoms with Gasteiger partial charge in [-0.3, -0.25) is 14.6 Å². The molecule has 2 aromatic rings. The molecule has 90 valence electrons. The van der Waals surface area contributed by atoms with Gasteiger partial charge in [0.05, 0.1) is 12.2 Å². The molecule has 4 heteroatoms. The Bertz CT molecular complexity index is 553. The minimum absolute atomic E-state index is 0.218. The number of hydrogen-bond donors (Lipinski definition) is 1. The fraction of sp³-hybridized carbons (Fsp3) is 0.0714. The standard InChI is InChI=1S/C14H12N2O2/c17-10-11-4-3-5-12(8-11)14(18)16-9-13-6-1-2-7-15-13/h1-8,10H,9H2,(H,16,18). The molecule has 1 amide bonds. The minimum atomic E-state index is -0.218. The van der Waals surface area contributed by atoms with Crippen LogP contribution in [0.4, 0.5) is 0 Å². The number of rotatable bonds is 4. The van der Waals surface area contributed by atoms with Gasteiger partial charge >= 0.3 is 0 Å². The first-order chi connectivity index (χ1) is 8.79. The lowest BCUT2D eigenvalue weighted by molar-refractivity contribution is 0.0950. The van der Waals surface area contributed by atoms with E-state index in [2.05, 4.69) is 10.3 Å². The Morgan fingerprint density at radius 2 is 2.11 bits per heavy atom. The van der Waals surface area contributed by atoms with Crippen LogP contribution in [0.15, 0.2) is 48.7 Å². The number of aldehydes is 1. The highest BCUT2D eigenvalue weighted by Gasteiger charge is 2.05. The van der Waals surface area contributed by atoms with Crippen molar-refractivity contribution in [2.75, 3.05) is 0 Å². The lowest BCUT2D eigenvalue weighted by Gasteiger charge is -2.05. The first-order valence-corrected chi connectivity index (χ1v) is 5.53. The number of nitrogens with one attached hydrogen (secondary N) is 1. The van der Waals surface area contributed by atoms with Crippen LogP contribution in [-0.2, 0) is 6.54 Å². The number of hydrogen-bond acceptors (Lipinski definition) is 3. The van der Waals surface area contributed by atoms with E-state index in [9.17, 15) is 9.59 Å². The van der Waals surface area contributed by atoms with E-state index in [0.717, 1.165) is 12.0 Å². The van der Waals surface area contributed by atoms with E-state index in [0.29, 0.717) is 17.7 Å². The topological polar surface area (TPSA) is 59.1 Å². The van der Waals surface area contributed by atoms with E-state index >= 15 is 0 Å². The molecule has 0 radical (unpaired) electrons. The number of aromatic nitrogens is 1. The summed E-state index contributed by atoms with van der Waals surface area (Å²) in [7, 11) is 0. The Hall–Kier alpha value is -2.49. The van der Waals surface area contributed by atoms with Gasteiger partial charge in [-0.1, -0.05) is 18.2 Å². The minimum Gasteiger partial charge on any atom is -0.346 e. The fourth-order valence-corrected chi connectivity index (χ4v) is 1.53. The quantitative estimate of drug-likeness (QED) is 0.829. The summed E-state index contributed by atoms with van der Waals surface area (Å²) in [5.74, 6) is -0.218. The summed E-state index contributed by atoms with van der Waals surface area (Å²) >= 11 is 0. The third kappa shape index (κ3) is 3.01. The normalized spacial score (nSPS) is 9.78. The van der Waals surface area contributed by atoms with Crippen molar-refractivity contribution in [2.24, 2.45) is 0 Å². The van der Waals surface area contributed by atoms with Gasteiger partial charge in [-0.2, -0.15) is 0 Å². The van der Waals surface area contributed by atoms with Gasteiger partial charge in [-0.05, 0) is 24.3 Å². The molecule has 4 nitrogen and oxygen atoms in total. The number of benzene rings is 1. The third-order valence-corrected chi connectivity index (χ3v) is 2.44. The maximum absolute atomic E-state index is 11.8. The van der Waals surface area contributed by atoms with Crippen molar-refractivity contribution < 1.29 is 9.59 Å². The lowest BCUT2D eigenvalue weighted by atomic mass is 10.1. The van der Waals surface area contributed by atoms with Crippen molar-refractivity contribution >= 4 is 12.2 Å². The second-order valence-electron chi connectivity index (χ2n) is 3.75. The maximum atomic E-state index is 11.8. The molecule has 1 heterocycles. The largest absolute Gasteiger partial charge is 0.346 e. The summed E-state index contributed by atoms with van der Waals surface area (Å²) in [5.41, 5.74) is 1.74. The van der Waals surface area contributed by atoms with E-state index in [4.69, 9.17) is 0 Å². The van der Waals surface area contributed by atoms with Crippen molar-refractivity contribution in [2.45, 2.75) is 6.54 Å². The highest BCUT2D eigenvalue weighted by Crippen LogP contribution is 2.03. The Morgan fingerprint density at radius 1 is 1.22 bits per heavy atom. The van der Waals surface area contributed by atoms with Crippen LogP contribution in [-0.4, -0.2) is 17.2 Å². The first kappa shape index (κ1) is 12.0. The molecule has 0 atom stereocenters. The van der Waals surface area contributed by atoms with Crippen molar-refractivity contribution in [1.82, 2.24) is 10.3 Å². The third-order valence-electron chi connectivity index (χ3n) is 2.44. The van der Waals surface area contributed by atoms with Crippen LogP contribution in [0, 0.1) is 0 Å². The molecule has 1 aromatic carbocycles. The van der Waals surface area contributed by atoms with Crippen LogP contribution in [0.3, 0.4) is 0 Å². The van der Waals surface area contributed by atoms with Gasteiger partial charge < -0.3 is 5.32 Å². The molecular formula is C14H12N2O2. The molecule has 0 bridgehead atoms. The summed E-state index contributed by atoms with van der Waals surface area (Å²) in [4.78, 5) is 26.6. The van der Waals surface area contributed by atoms with E-state index in [1.165, 1.54) is 0 Å². The number of carbonyl (C=O) groups excluding carboxylic acids is 2. The highest BCUT2D eigenvalue weighted by molar-refractivity contribution is 5.95. The molecule has 0 saturated heterocycles. The molecule has 1 N–H and O–H groups in total. The highest BCUT2D eigenvalue weighted by atomic mass is 16.1. The average molecular weight is 240 g/mol. The van der Waals surface area contributed by atoms with E-state index in [1.807, 2.05) is 18.2 Å². The number of nitrogens with zero attached hydrogens (tertiary/aromatic N) is 1. The lowest BCUT2D eigenvalue weighted by Crippen LogP contribution is -2.23. The van der Waals surface area contributed by atoms with Crippen LogP contribution in [0.25, 0.3) is 0 Å². The van der Waals surface area contributed by atoms with E-state index in [1.54, 1.807) is 30.5 Å². The van der Waals surface area contributed by atoms with Gasteiger partial charge in [0.15, 0.2) is 0 Å². The zero-order valence-electron chi connectivity index (χ0n) is 9.67. The van der Waals surface area contributed by atoms with Crippen molar-refractivity contribution in [3.05, 3.63) is 65.5 Å². The molecule has 0 aliphatic carbocycles. The van der Waals surface area contributed by atoms with E-state index in [-0.39, 0.29) is 5.91 Å². The van der Waals surface area contributed by atoms with Crippen LogP contribution in [0.1, 0.15) is 26.4 Å². The fourth-order valence-electron chi connectivity index (χ4n) is 1.53. The molecule has 0 saturated carbocycles. The van der Waals surface area contributed by atoms with Gasteiger partial charge in [-0.15, -0.1) is 0 Å². The zero-order chi connectivity index (χ0) is 12.8. The number of pyridine rings is 1. The molecule has 1 aromatic heterocycles. The van der Waals surface area contributed by atoms with Crippen molar-refractivity contribution in [3.8, 4) is 0 Å². The van der Waals surface area contributed by atoms with Crippen molar-refractivity contribution in [1.29, 1.82) is 0 Å². The van der Waals surface area contributed by atoms with E-state index < -0.39 is 0 Å². The second kappa shape index (κ2) is 5.72. The van der Waals surface area contributed by atoms with Crippen LogP contribution in [0.5, 0.6) is 0 Å². The molecule has 2 rings (SSSR count). The SMILES string of the molecule is O=Cc1cccc(C(=O)NCc2ccccn2)c1. The predicted molar refractivity (Wildman–Crippen MR) is 67.2 cm³/mol. The molecule has 18 heavy (non-hydrogen) atoms. The summed E-state index contributed by atoms with van der Waals surface area (Å²) in [6, 6.07) is 12.1. The molecule has 0 unspecified atom stereocenters. The monoisotopic (exact) mass is 240 g/mol. The van der Waals surface area contributed by atoms with Gasteiger partial charge in [-0.25, -0.2) is 0 Å². The van der Waals surface area contributed by atoms with Crippen molar-refractivity contribution in [3.63, 3.8) is 0 Å². The van der Waals surface area contributed by atoms with Gasteiger partial charge in [0.25, 0.3) is 5.91 Å². The Kier molecular flexibility index (Phi) is 3.81. The molecule has 0 spiro atoms. The van der Waals surface area contributed by atoms with Gasteiger partial charge in [0.2, 0.25) is 0 Å². The zero-order valence-corrected chi connectivity index (χ0v) is 9.67. The number of amides is 1. The molecule has 0 aliphatic heterocycles. The van der Waals surface area contributed by atoms with Crippen LogP contribution in [0.2, 0.25) is 0 Å². The Morgan fingerprint density at radius 3 is 2.83 bits per heavy atom. The molecular weight excluding hydrogens is 228 g/mol. The molecule has 0 aliphatic rings. The Labute approximate surface area is 105 Å². The van der Waals surface area contributed by atoms with Crippen LogP contribution < -0.4 is 5.32 Å². The first-order valence-electron chi connectivity index (χ1n) is 5.53. The van der Waals surface area contributed by atoms with Crippen LogP contribution >= 0.6 is 0 Å². The summed E-state index contributed by atoms with van der Waals surface area (Å²) in [6.07, 6.45) is 2.39. The summed E-state index contributed by atoms with van der Waals surface area (Å²) in [6.45, 7) is 0.366. The average Bonchev–Trinajstić information content (AvgIpc) is 2.46. The second-order valence-corrected chi connectivity index (χ2v) is 3.75. The smallest absolute Gasteiger partial charge is 0.251 e. The Balaban J connectivity index is 2.01. The summed E-state index contributed by atoms with van der Waals surface area (Å²) < 4.78 is 0. The van der Waals surface area contributed by atoms with Gasteiger partial charge in [0, 0.05) is 17.3 Å². The molecule has 0 fully saturated rings. The van der Waals surface area contributed by atoms with Gasteiger partial charge in [0.1, 0.15) is 6.29 Å². The summed E-state index contributed by atoms with van der Waals surface area (Å²) in [5, 5.41) is 2.75. The predicted octanol–water partition coefficient (Wildman–Crippen LogP) is 1.82.